The van der Waals surface area contributed by atoms with E-state index in [0.29, 0.717) is 28.1 Å². The SMILES string of the molecule is CC(C)(C)NCc1cnccc1Oc1cc(Cl)ccc1Cl. The van der Waals surface area contributed by atoms with Crippen molar-refractivity contribution < 1.29 is 4.74 Å². The maximum Gasteiger partial charge on any atom is 0.147 e. The molecule has 0 aliphatic carbocycles. The number of nitrogens with zero attached hydrogens (tertiary/aromatic N) is 1. The van der Waals surface area contributed by atoms with E-state index in [1.165, 1.54) is 0 Å². The summed E-state index contributed by atoms with van der Waals surface area (Å²) in [5.41, 5.74) is 0.976. The Bertz CT molecular complexity index is 624. The second kappa shape index (κ2) is 6.65. The topological polar surface area (TPSA) is 34.2 Å². The molecule has 0 atom stereocenters. The van der Waals surface area contributed by atoms with Gasteiger partial charge >= 0.3 is 0 Å². The lowest BCUT2D eigenvalue weighted by Gasteiger charge is -2.21. The number of benzene rings is 1. The molecule has 2 aromatic rings. The summed E-state index contributed by atoms with van der Waals surface area (Å²) in [6.45, 7) is 6.98. The maximum atomic E-state index is 6.13. The van der Waals surface area contributed by atoms with Gasteiger partial charge in [0.25, 0.3) is 0 Å². The van der Waals surface area contributed by atoms with Crippen LogP contribution in [0, 0.1) is 0 Å². The molecule has 21 heavy (non-hydrogen) atoms. The van der Waals surface area contributed by atoms with Gasteiger partial charge in [-0.05, 0) is 39.0 Å². The molecule has 0 bridgehead atoms. The fourth-order valence-electron chi connectivity index (χ4n) is 1.68. The summed E-state index contributed by atoms with van der Waals surface area (Å²) < 4.78 is 5.89. The summed E-state index contributed by atoms with van der Waals surface area (Å²) in [5, 5.41) is 4.51. The van der Waals surface area contributed by atoms with E-state index in [9.17, 15) is 0 Å². The molecule has 0 radical (unpaired) electrons. The van der Waals surface area contributed by atoms with Gasteiger partial charge in [-0.25, -0.2) is 0 Å². The van der Waals surface area contributed by atoms with Crippen LogP contribution in [0.3, 0.4) is 0 Å². The lowest BCUT2D eigenvalue weighted by atomic mass is 10.1. The lowest BCUT2D eigenvalue weighted by Crippen LogP contribution is -2.35. The third kappa shape index (κ3) is 4.88. The Morgan fingerprint density at radius 1 is 1.14 bits per heavy atom. The molecule has 1 aromatic heterocycles. The maximum absolute atomic E-state index is 6.13. The van der Waals surface area contributed by atoms with Crippen molar-refractivity contribution in [1.29, 1.82) is 0 Å². The predicted molar refractivity (Wildman–Crippen MR) is 87.4 cm³/mol. The Kier molecular flexibility index (Phi) is 5.09. The standard InChI is InChI=1S/C16H18Cl2N2O/c1-16(2,3)20-10-11-9-19-7-6-14(11)21-15-8-12(17)4-5-13(15)18/h4-9,20H,10H2,1-3H3. The van der Waals surface area contributed by atoms with Crippen LogP contribution in [0.25, 0.3) is 0 Å². The summed E-state index contributed by atoms with van der Waals surface area (Å²) in [6, 6.07) is 6.96. The molecule has 0 spiro atoms. The number of halogens is 2. The molecule has 0 aliphatic heterocycles. The van der Waals surface area contributed by atoms with Gasteiger partial charge < -0.3 is 10.1 Å². The molecule has 0 saturated heterocycles. The molecule has 1 N–H and O–H groups in total. The van der Waals surface area contributed by atoms with E-state index in [1.54, 1.807) is 30.6 Å². The first-order chi connectivity index (χ1) is 9.85. The second-order valence-corrected chi connectivity index (χ2v) is 6.61. The first-order valence-corrected chi connectivity index (χ1v) is 7.41. The van der Waals surface area contributed by atoms with Gasteiger partial charge in [0.1, 0.15) is 11.5 Å². The zero-order valence-electron chi connectivity index (χ0n) is 12.3. The van der Waals surface area contributed by atoms with E-state index < -0.39 is 0 Å². The van der Waals surface area contributed by atoms with Crippen molar-refractivity contribution in [1.82, 2.24) is 10.3 Å². The smallest absolute Gasteiger partial charge is 0.147 e. The van der Waals surface area contributed by atoms with Crippen molar-refractivity contribution in [2.24, 2.45) is 0 Å². The Labute approximate surface area is 135 Å². The van der Waals surface area contributed by atoms with Crippen LogP contribution >= 0.6 is 23.2 Å². The van der Waals surface area contributed by atoms with E-state index in [4.69, 9.17) is 27.9 Å². The van der Waals surface area contributed by atoms with Crippen LogP contribution in [0.4, 0.5) is 0 Å². The number of pyridine rings is 1. The molecule has 0 saturated carbocycles. The van der Waals surface area contributed by atoms with E-state index in [2.05, 4.69) is 31.1 Å². The normalized spacial score (nSPS) is 11.5. The Hall–Kier alpha value is -1.29. The molecular weight excluding hydrogens is 307 g/mol. The molecule has 1 aromatic carbocycles. The van der Waals surface area contributed by atoms with Crippen molar-refractivity contribution in [2.75, 3.05) is 0 Å². The number of hydrogen-bond donors (Lipinski definition) is 1. The highest BCUT2D eigenvalue weighted by Gasteiger charge is 2.12. The largest absolute Gasteiger partial charge is 0.455 e. The van der Waals surface area contributed by atoms with Crippen LogP contribution in [0.15, 0.2) is 36.7 Å². The zero-order chi connectivity index (χ0) is 15.5. The summed E-state index contributed by atoms with van der Waals surface area (Å²) in [7, 11) is 0. The summed E-state index contributed by atoms with van der Waals surface area (Å²) in [6.07, 6.45) is 3.47. The van der Waals surface area contributed by atoms with Gasteiger partial charge in [0.2, 0.25) is 0 Å². The monoisotopic (exact) mass is 324 g/mol. The van der Waals surface area contributed by atoms with Crippen molar-refractivity contribution >= 4 is 23.2 Å². The number of rotatable bonds is 4. The molecule has 0 aliphatic rings. The van der Waals surface area contributed by atoms with Gasteiger partial charge in [0, 0.05) is 41.1 Å². The van der Waals surface area contributed by atoms with E-state index in [-0.39, 0.29) is 5.54 Å². The third-order valence-electron chi connectivity index (χ3n) is 2.78. The zero-order valence-corrected chi connectivity index (χ0v) is 13.8. The van der Waals surface area contributed by atoms with E-state index >= 15 is 0 Å². The van der Waals surface area contributed by atoms with Crippen LogP contribution in [0.1, 0.15) is 26.3 Å². The average molecular weight is 325 g/mol. The van der Waals surface area contributed by atoms with Gasteiger partial charge in [-0.2, -0.15) is 0 Å². The fraction of sp³-hybridized carbons (Fsp3) is 0.312. The molecule has 3 nitrogen and oxygen atoms in total. The number of hydrogen-bond acceptors (Lipinski definition) is 3. The number of ether oxygens (including phenoxy) is 1. The van der Waals surface area contributed by atoms with Crippen molar-refractivity contribution in [3.05, 3.63) is 52.3 Å². The second-order valence-electron chi connectivity index (χ2n) is 5.76. The van der Waals surface area contributed by atoms with E-state index in [1.807, 2.05) is 6.07 Å². The van der Waals surface area contributed by atoms with Crippen molar-refractivity contribution in [3.63, 3.8) is 0 Å². The Morgan fingerprint density at radius 3 is 2.62 bits per heavy atom. The molecule has 1 heterocycles. The average Bonchev–Trinajstić information content (AvgIpc) is 2.41. The minimum atomic E-state index is 0.0147. The molecular formula is C16H18Cl2N2O. The molecule has 2 rings (SSSR count). The van der Waals surface area contributed by atoms with Crippen molar-refractivity contribution in [2.45, 2.75) is 32.9 Å². The van der Waals surface area contributed by atoms with Crippen LogP contribution in [0.2, 0.25) is 10.0 Å². The summed E-state index contributed by atoms with van der Waals surface area (Å²) in [5.74, 6) is 1.25. The first-order valence-electron chi connectivity index (χ1n) is 6.66. The van der Waals surface area contributed by atoms with Gasteiger partial charge in [-0.15, -0.1) is 0 Å². The Balaban J connectivity index is 2.22. The van der Waals surface area contributed by atoms with Crippen LogP contribution in [-0.4, -0.2) is 10.5 Å². The van der Waals surface area contributed by atoms with Crippen LogP contribution in [-0.2, 0) is 6.54 Å². The highest BCUT2D eigenvalue weighted by molar-refractivity contribution is 6.34. The first kappa shape index (κ1) is 16.1. The molecule has 0 unspecified atom stereocenters. The van der Waals surface area contributed by atoms with Crippen LogP contribution in [0.5, 0.6) is 11.5 Å². The number of nitrogens with one attached hydrogen (secondary N) is 1. The molecule has 112 valence electrons. The summed E-state index contributed by atoms with van der Waals surface area (Å²) in [4.78, 5) is 4.15. The van der Waals surface area contributed by atoms with Crippen LogP contribution < -0.4 is 10.1 Å². The van der Waals surface area contributed by atoms with Gasteiger partial charge in [0.05, 0.1) is 5.02 Å². The minimum absolute atomic E-state index is 0.0147. The van der Waals surface area contributed by atoms with Crippen molar-refractivity contribution in [3.8, 4) is 11.5 Å². The number of aromatic nitrogens is 1. The fourth-order valence-corrected chi connectivity index (χ4v) is 2.00. The van der Waals surface area contributed by atoms with Gasteiger partial charge in [0.15, 0.2) is 0 Å². The molecule has 5 heteroatoms. The molecule has 0 amide bonds. The summed E-state index contributed by atoms with van der Waals surface area (Å²) >= 11 is 12.1. The highest BCUT2D eigenvalue weighted by Crippen LogP contribution is 2.33. The molecule has 0 fully saturated rings. The highest BCUT2D eigenvalue weighted by atomic mass is 35.5. The quantitative estimate of drug-likeness (QED) is 0.852. The van der Waals surface area contributed by atoms with Gasteiger partial charge in [-0.1, -0.05) is 23.2 Å². The minimum Gasteiger partial charge on any atom is -0.455 e. The third-order valence-corrected chi connectivity index (χ3v) is 3.33. The Morgan fingerprint density at radius 2 is 1.90 bits per heavy atom. The van der Waals surface area contributed by atoms with E-state index in [0.717, 1.165) is 5.56 Å². The van der Waals surface area contributed by atoms with Gasteiger partial charge in [-0.3, -0.25) is 4.98 Å². The predicted octanol–water partition coefficient (Wildman–Crippen LogP) is 5.07. The lowest BCUT2D eigenvalue weighted by molar-refractivity contribution is 0.413.